The molecule has 0 aliphatic heterocycles. The van der Waals surface area contributed by atoms with Gasteiger partial charge in [-0.3, -0.25) is 15.0 Å². The summed E-state index contributed by atoms with van der Waals surface area (Å²) in [5.41, 5.74) is 25.2. The molecule has 20 aromatic carbocycles. The lowest BCUT2D eigenvalue weighted by Crippen LogP contribution is -1.99. The van der Waals surface area contributed by atoms with Crippen LogP contribution in [-0.2, 0) is 0 Å². The van der Waals surface area contributed by atoms with Crippen LogP contribution in [0.2, 0.25) is 0 Å². The van der Waals surface area contributed by atoms with Crippen molar-refractivity contribution in [2.45, 2.75) is 0 Å². The zero-order chi connectivity index (χ0) is 103. The number of benzene rings is 20. The van der Waals surface area contributed by atoms with Crippen molar-refractivity contribution in [1.29, 1.82) is 0 Å². The Morgan fingerprint density at radius 3 is 0.853 bits per heavy atom. The van der Waals surface area contributed by atoms with E-state index in [1.54, 1.807) is 29.7 Å². The average molecular weight is 1970 g/mol. The van der Waals surface area contributed by atoms with Crippen molar-refractivity contribution >= 4 is 225 Å². The Labute approximate surface area is 877 Å². The SMILES string of the molecule is [2H]c1c([2H])c([2H])c(-c2nc(-c3cccc(-n4c5ccccc5c5c6ccccc6c6c7ccccc7sc6c54)c3)nc3cccnc23)c([2H])c1[2H].c1ccc(-c2ccc(-c3nc(-c4cccc(-n5c6ccccc6c6c7ccccc7c7c8ccccc8sc7c65)c4)nc4cccnc34)cc2)cc1.c1ccc(-c2cccc(-c3nc(-c4cccc(-n5c6ccccc6c6c7ccccc7c7c8ccccc8sc7c65)c4)nc4cccnc34)c2)cc1. The van der Waals surface area contributed by atoms with Crippen molar-refractivity contribution in [3.05, 3.63) is 486 Å². The average Bonchev–Trinajstić information content (AvgIpc) is 1.54. The van der Waals surface area contributed by atoms with Gasteiger partial charge in [0.2, 0.25) is 0 Å². The Kier molecular flexibility index (Phi) is 19.1. The van der Waals surface area contributed by atoms with Crippen LogP contribution in [0.5, 0.6) is 0 Å². The topological polar surface area (TPSA) is 131 Å². The highest BCUT2D eigenvalue weighted by Crippen LogP contribution is 2.54. The van der Waals surface area contributed by atoms with Gasteiger partial charge in [-0.15, -0.1) is 34.0 Å². The molecule has 12 aromatic heterocycles. The minimum atomic E-state index is -0.459. The van der Waals surface area contributed by atoms with Crippen LogP contribution in [-0.4, -0.2) is 58.6 Å². The fourth-order valence-electron chi connectivity index (χ4n) is 22.7. The zero-order valence-corrected chi connectivity index (χ0v) is 82.3. The van der Waals surface area contributed by atoms with Crippen molar-refractivity contribution in [1.82, 2.24) is 58.6 Å². The summed E-state index contributed by atoms with van der Waals surface area (Å²) in [6, 6.07) is 152. The van der Waals surface area contributed by atoms with Crippen molar-refractivity contribution in [3.63, 3.8) is 0 Å². The van der Waals surface area contributed by atoms with Gasteiger partial charge in [-0.25, -0.2) is 29.9 Å². The van der Waals surface area contributed by atoms with Crippen LogP contribution in [0, 0.1) is 0 Å². The van der Waals surface area contributed by atoms with Gasteiger partial charge in [0.25, 0.3) is 0 Å². The third-order valence-corrected chi connectivity index (χ3v) is 32.7. The fraction of sp³-hybridized carbons (Fsp3) is 0. The number of fused-ring (bicyclic) bond motifs is 33. The molecule has 150 heavy (non-hydrogen) atoms. The molecule has 0 N–H and O–H groups in total. The van der Waals surface area contributed by atoms with Gasteiger partial charge in [0, 0.05) is 148 Å². The molecule has 12 nitrogen and oxygen atoms in total. The molecule has 0 radical (unpaired) electrons. The van der Waals surface area contributed by atoms with Gasteiger partial charge in [-0.1, -0.05) is 352 Å². The molecule has 0 fully saturated rings. The molecule has 0 bridgehead atoms. The van der Waals surface area contributed by atoms with E-state index in [4.69, 9.17) is 46.7 Å². The molecular formula is C135H80N12S3. The Bertz CT molecular complexity index is 11500. The second-order valence-electron chi connectivity index (χ2n) is 37.6. The summed E-state index contributed by atoms with van der Waals surface area (Å²) < 4.78 is 57.0. The standard InChI is InChI=1S/2C47H28N4S.C41H24N4S/c1-2-13-29(14-3-1)30-15-10-16-31(27-30)43-44-38(23-12-26-48-44)49-47(50-43)32-17-11-18-33(28-32)51-39-24-8-6-21-36(39)41-34-19-4-5-20-35(34)42-37-22-7-9-25-40(37)52-46(42)45(41)51;1-2-12-29(13-3-1)30-23-25-31(26-24-30)43-44-38(20-11-27-48-44)49-47(50-43)32-14-10-15-33(28-32)51-39-21-8-6-18-36(39)41-34-16-4-5-17-35(34)42-37-19-7-9-22-40(37)52-46(42)45(41)51;1-2-12-25(13-3-1)37-38-32(20-11-23-42-38)43-41(44-37)26-14-10-15-27(24-26)45-33-21-8-6-18-30(33)35-28-16-4-5-17-29(28)36-31-19-7-9-22-34(31)46-40(36)39(35)45/h2*1-28H;1-24H/i;;1D,2D,3D,12D,13D. The lowest BCUT2D eigenvalue weighted by atomic mass is 9.99. The third kappa shape index (κ3) is 14.0. The maximum absolute atomic E-state index is 8.71. The van der Waals surface area contributed by atoms with E-state index in [1.165, 1.54) is 147 Å². The van der Waals surface area contributed by atoms with Crippen LogP contribution < -0.4 is 0 Å². The van der Waals surface area contributed by atoms with Gasteiger partial charge in [-0.2, -0.15) is 0 Å². The molecule has 0 saturated heterocycles. The van der Waals surface area contributed by atoms with Gasteiger partial charge in [-0.05, 0) is 170 Å². The molecule has 32 aromatic rings. The van der Waals surface area contributed by atoms with Crippen LogP contribution in [0.4, 0.5) is 0 Å². The number of pyridine rings is 3. The number of hydrogen-bond acceptors (Lipinski definition) is 12. The Hall–Kier alpha value is -19.3. The first-order valence-corrected chi connectivity index (χ1v) is 52.3. The molecule has 0 spiro atoms. The van der Waals surface area contributed by atoms with E-state index >= 15 is 0 Å². The largest absolute Gasteiger partial charge is 0.308 e. The normalized spacial score (nSPS) is 12.3. The van der Waals surface area contributed by atoms with E-state index in [-0.39, 0.29) is 23.3 Å². The van der Waals surface area contributed by atoms with Crippen molar-refractivity contribution < 1.29 is 6.85 Å². The first-order valence-electron chi connectivity index (χ1n) is 52.4. The van der Waals surface area contributed by atoms with Crippen LogP contribution in [0.3, 0.4) is 0 Å². The van der Waals surface area contributed by atoms with Gasteiger partial charge in [0.1, 0.15) is 33.6 Å². The van der Waals surface area contributed by atoms with E-state index in [2.05, 4.69) is 395 Å². The summed E-state index contributed by atoms with van der Waals surface area (Å²) in [6.07, 6.45) is 5.22. The second-order valence-corrected chi connectivity index (χ2v) is 40.8. The van der Waals surface area contributed by atoms with Gasteiger partial charge in [0.05, 0.1) is 70.6 Å². The Morgan fingerprint density at radius 2 is 0.473 bits per heavy atom. The zero-order valence-electron chi connectivity index (χ0n) is 84.9. The molecule has 0 aliphatic rings. The number of nitrogens with zero attached hydrogens (tertiary/aromatic N) is 12. The molecule has 0 unspecified atom stereocenters. The number of hydrogen-bond donors (Lipinski definition) is 0. The van der Waals surface area contributed by atoms with Crippen LogP contribution in [0.25, 0.3) is 299 Å². The molecule has 0 saturated carbocycles. The van der Waals surface area contributed by atoms with E-state index in [0.717, 1.165) is 106 Å². The third-order valence-electron chi connectivity index (χ3n) is 29.2. The van der Waals surface area contributed by atoms with Crippen molar-refractivity contribution in [3.8, 4) is 107 Å². The maximum Gasteiger partial charge on any atom is 0.160 e. The Balaban J connectivity index is 0.000000106. The summed E-state index contributed by atoms with van der Waals surface area (Å²) in [7, 11) is 0. The molecule has 0 amide bonds. The molecule has 0 aliphatic carbocycles. The summed E-state index contributed by atoms with van der Waals surface area (Å²) in [5.74, 6) is 1.70. The van der Waals surface area contributed by atoms with E-state index in [0.29, 0.717) is 34.1 Å². The van der Waals surface area contributed by atoms with Gasteiger partial charge in [0.15, 0.2) is 17.5 Å². The van der Waals surface area contributed by atoms with Crippen molar-refractivity contribution in [2.24, 2.45) is 0 Å². The number of rotatable bonds is 11. The molecule has 32 rings (SSSR count). The molecule has 0 atom stereocenters. The highest BCUT2D eigenvalue weighted by molar-refractivity contribution is 7.28. The molecule has 698 valence electrons. The smallest absolute Gasteiger partial charge is 0.160 e. The molecule has 15 heteroatoms. The highest BCUT2D eigenvalue weighted by atomic mass is 32.1. The van der Waals surface area contributed by atoms with Crippen LogP contribution in [0.15, 0.2) is 486 Å². The second kappa shape index (κ2) is 35.3. The number of aromatic nitrogens is 12. The number of para-hydroxylation sites is 3. The quantitative estimate of drug-likeness (QED) is 0.124. The number of thiophene rings is 3. The molecule has 12 heterocycles. The van der Waals surface area contributed by atoms with Crippen LogP contribution in [0.1, 0.15) is 6.85 Å². The molecular weight excluding hydrogens is 1890 g/mol. The maximum atomic E-state index is 8.71. The van der Waals surface area contributed by atoms with E-state index in [9.17, 15) is 0 Å². The minimum Gasteiger partial charge on any atom is -0.308 e. The summed E-state index contributed by atoms with van der Waals surface area (Å²) in [4.78, 5) is 44.5. The lowest BCUT2D eigenvalue weighted by molar-refractivity contribution is 1.17. The first kappa shape index (κ1) is 81.1. The van der Waals surface area contributed by atoms with E-state index in [1.807, 2.05) is 83.6 Å². The van der Waals surface area contributed by atoms with Crippen LogP contribution >= 0.6 is 34.0 Å². The van der Waals surface area contributed by atoms with Gasteiger partial charge < -0.3 is 13.7 Å². The predicted octanol–water partition coefficient (Wildman–Crippen LogP) is 36.3. The predicted molar refractivity (Wildman–Crippen MR) is 630 cm³/mol. The van der Waals surface area contributed by atoms with E-state index < -0.39 is 18.1 Å². The summed E-state index contributed by atoms with van der Waals surface area (Å²) in [5, 5.41) is 22.7. The monoisotopic (exact) mass is 1970 g/mol. The fourth-order valence-corrected chi connectivity index (χ4v) is 26.5. The Morgan fingerprint density at radius 1 is 0.193 bits per heavy atom. The van der Waals surface area contributed by atoms with Gasteiger partial charge >= 0.3 is 0 Å². The lowest BCUT2D eigenvalue weighted by Gasteiger charge is -2.13. The highest BCUT2D eigenvalue weighted by Gasteiger charge is 2.29. The summed E-state index contributed by atoms with van der Waals surface area (Å²) in [6.45, 7) is 0. The summed E-state index contributed by atoms with van der Waals surface area (Å²) >= 11 is 5.56. The first-order chi connectivity index (χ1) is 76.5. The minimum absolute atomic E-state index is 0.00839. The van der Waals surface area contributed by atoms with Crippen molar-refractivity contribution in [2.75, 3.05) is 0 Å².